The average molecular weight is 343 g/mol. The van der Waals surface area contributed by atoms with Crippen LogP contribution in [-0.4, -0.2) is 36.0 Å². The molecule has 24 heavy (non-hydrogen) atoms. The first-order valence-electron chi connectivity index (χ1n) is 8.43. The minimum atomic E-state index is -0.449. The zero-order valence-corrected chi connectivity index (χ0v) is 14.6. The van der Waals surface area contributed by atoms with Crippen LogP contribution < -0.4 is 16.0 Å². The van der Waals surface area contributed by atoms with Gasteiger partial charge >= 0.3 is 0 Å². The first-order chi connectivity index (χ1) is 11.8. The van der Waals surface area contributed by atoms with E-state index in [-0.39, 0.29) is 0 Å². The molecule has 1 aliphatic heterocycles. The van der Waals surface area contributed by atoms with E-state index in [1.54, 1.807) is 0 Å². The van der Waals surface area contributed by atoms with Gasteiger partial charge in [0.25, 0.3) is 0 Å². The molecule has 0 saturated carbocycles. The largest absolute Gasteiger partial charge is 0.387 e. The molecule has 128 valence electrons. The van der Waals surface area contributed by atoms with Crippen LogP contribution in [0.25, 0.3) is 0 Å². The van der Waals surface area contributed by atoms with Gasteiger partial charge in [0, 0.05) is 24.7 Å². The molecule has 2 aromatic rings. The van der Waals surface area contributed by atoms with E-state index in [0.29, 0.717) is 11.9 Å². The van der Waals surface area contributed by atoms with Crippen molar-refractivity contribution in [1.82, 2.24) is 10.6 Å². The Labute approximate surface area is 148 Å². The van der Waals surface area contributed by atoms with E-state index in [2.05, 4.69) is 40.2 Å². The Hall–Kier alpha value is -1.53. The van der Waals surface area contributed by atoms with Crippen LogP contribution in [0.4, 0.5) is 5.69 Å². The van der Waals surface area contributed by atoms with Gasteiger partial charge in [-0.3, -0.25) is 0 Å². The normalized spacial score (nSPS) is 18.5. The SMILES string of the molecule is O[C@@H](CNCCc1ccc(NC2CNCS2)cc1)c1ccccc1. The predicted octanol–water partition coefficient (Wildman–Crippen LogP) is 2.58. The predicted molar refractivity (Wildman–Crippen MR) is 102 cm³/mol. The third kappa shape index (κ3) is 5.24. The molecule has 0 aromatic heterocycles. The number of rotatable bonds is 8. The summed E-state index contributed by atoms with van der Waals surface area (Å²) >= 11 is 1.90. The van der Waals surface area contributed by atoms with Crippen LogP contribution in [0.2, 0.25) is 0 Å². The molecule has 0 bridgehead atoms. The van der Waals surface area contributed by atoms with Gasteiger partial charge in [0.05, 0.1) is 11.5 Å². The van der Waals surface area contributed by atoms with Crippen LogP contribution in [0.3, 0.4) is 0 Å². The molecule has 4 nitrogen and oxygen atoms in total. The topological polar surface area (TPSA) is 56.3 Å². The van der Waals surface area contributed by atoms with Crippen LogP contribution in [0.5, 0.6) is 0 Å². The Balaban J connectivity index is 1.37. The van der Waals surface area contributed by atoms with Gasteiger partial charge in [0.15, 0.2) is 0 Å². The average Bonchev–Trinajstić information content (AvgIpc) is 3.14. The lowest BCUT2D eigenvalue weighted by Crippen LogP contribution is -2.23. The highest BCUT2D eigenvalue weighted by Crippen LogP contribution is 2.19. The van der Waals surface area contributed by atoms with Crippen LogP contribution in [-0.2, 0) is 6.42 Å². The van der Waals surface area contributed by atoms with Crippen molar-refractivity contribution in [2.24, 2.45) is 0 Å². The molecule has 4 N–H and O–H groups in total. The van der Waals surface area contributed by atoms with E-state index in [4.69, 9.17) is 0 Å². The lowest BCUT2D eigenvalue weighted by atomic mass is 10.1. The summed E-state index contributed by atoms with van der Waals surface area (Å²) in [5.74, 6) is 1.02. The highest BCUT2D eigenvalue weighted by Gasteiger charge is 2.13. The minimum Gasteiger partial charge on any atom is -0.387 e. The quantitative estimate of drug-likeness (QED) is 0.555. The molecule has 1 aliphatic rings. The van der Waals surface area contributed by atoms with Gasteiger partial charge < -0.3 is 21.1 Å². The summed E-state index contributed by atoms with van der Waals surface area (Å²) in [7, 11) is 0. The molecule has 5 heteroatoms. The van der Waals surface area contributed by atoms with Crippen LogP contribution in [0.1, 0.15) is 17.2 Å². The molecular weight excluding hydrogens is 318 g/mol. The molecule has 0 spiro atoms. The lowest BCUT2D eigenvalue weighted by Gasteiger charge is -2.13. The fourth-order valence-electron chi connectivity index (χ4n) is 2.72. The Bertz CT molecular complexity index is 600. The summed E-state index contributed by atoms with van der Waals surface area (Å²) in [6.07, 6.45) is 0.511. The number of aliphatic hydroxyl groups excluding tert-OH is 1. The van der Waals surface area contributed by atoms with Gasteiger partial charge in [0.1, 0.15) is 0 Å². The number of hydrogen-bond donors (Lipinski definition) is 4. The van der Waals surface area contributed by atoms with Gasteiger partial charge in [-0.2, -0.15) is 0 Å². The second kappa shape index (κ2) is 9.08. The van der Waals surface area contributed by atoms with Crippen molar-refractivity contribution in [1.29, 1.82) is 0 Å². The summed E-state index contributed by atoms with van der Waals surface area (Å²) < 4.78 is 0. The van der Waals surface area contributed by atoms with Gasteiger partial charge in [-0.15, -0.1) is 11.8 Å². The number of anilines is 1. The summed E-state index contributed by atoms with van der Waals surface area (Å²) in [6.45, 7) is 2.45. The Morgan fingerprint density at radius 2 is 1.92 bits per heavy atom. The van der Waals surface area contributed by atoms with Crippen molar-refractivity contribution < 1.29 is 5.11 Å². The molecule has 0 radical (unpaired) electrons. The Kier molecular flexibility index (Phi) is 6.55. The van der Waals surface area contributed by atoms with Gasteiger partial charge in [0.2, 0.25) is 0 Å². The van der Waals surface area contributed by atoms with Crippen LogP contribution in [0, 0.1) is 0 Å². The second-order valence-corrected chi connectivity index (χ2v) is 7.17. The monoisotopic (exact) mass is 343 g/mol. The Morgan fingerprint density at radius 1 is 1.12 bits per heavy atom. The Morgan fingerprint density at radius 3 is 2.62 bits per heavy atom. The maximum Gasteiger partial charge on any atom is 0.0914 e. The van der Waals surface area contributed by atoms with Crippen molar-refractivity contribution in [2.75, 3.05) is 30.8 Å². The summed E-state index contributed by atoms with van der Waals surface area (Å²) in [5.41, 5.74) is 3.44. The summed E-state index contributed by atoms with van der Waals surface area (Å²) in [6, 6.07) is 18.4. The fourth-order valence-corrected chi connectivity index (χ4v) is 3.61. The summed E-state index contributed by atoms with van der Waals surface area (Å²) in [4.78, 5) is 0. The number of nitrogens with one attached hydrogen (secondary N) is 3. The number of hydrogen-bond acceptors (Lipinski definition) is 5. The van der Waals surface area contributed by atoms with Crippen molar-refractivity contribution >= 4 is 17.4 Å². The standard InChI is InChI=1S/C19H25N3OS/c23-18(16-4-2-1-3-5-16)12-20-11-10-15-6-8-17(9-7-15)22-19-13-21-14-24-19/h1-9,18-23H,10-14H2/t18-,19?/m0/s1. The molecule has 1 unspecified atom stereocenters. The first-order valence-corrected chi connectivity index (χ1v) is 9.47. The smallest absolute Gasteiger partial charge is 0.0914 e. The van der Waals surface area contributed by atoms with Crippen molar-refractivity contribution in [3.63, 3.8) is 0 Å². The molecule has 0 amide bonds. The van der Waals surface area contributed by atoms with E-state index < -0.39 is 6.10 Å². The highest BCUT2D eigenvalue weighted by molar-refractivity contribution is 8.00. The number of benzene rings is 2. The van der Waals surface area contributed by atoms with Crippen molar-refractivity contribution in [3.05, 3.63) is 65.7 Å². The zero-order valence-electron chi connectivity index (χ0n) is 13.7. The van der Waals surface area contributed by atoms with E-state index in [9.17, 15) is 5.11 Å². The molecule has 1 fully saturated rings. The molecule has 2 atom stereocenters. The molecule has 3 rings (SSSR count). The second-order valence-electron chi connectivity index (χ2n) is 5.98. The minimum absolute atomic E-state index is 0.449. The number of aliphatic hydroxyl groups is 1. The highest BCUT2D eigenvalue weighted by atomic mass is 32.2. The number of thioether (sulfide) groups is 1. The molecule has 2 aromatic carbocycles. The van der Waals surface area contributed by atoms with E-state index >= 15 is 0 Å². The van der Waals surface area contributed by atoms with Gasteiger partial charge in [-0.1, -0.05) is 42.5 Å². The van der Waals surface area contributed by atoms with Crippen LogP contribution >= 0.6 is 11.8 Å². The van der Waals surface area contributed by atoms with E-state index in [1.165, 1.54) is 11.3 Å². The van der Waals surface area contributed by atoms with Crippen LogP contribution in [0.15, 0.2) is 54.6 Å². The fraction of sp³-hybridized carbons (Fsp3) is 0.368. The van der Waals surface area contributed by atoms with E-state index in [1.807, 2.05) is 42.1 Å². The third-order valence-corrected chi connectivity index (χ3v) is 5.17. The van der Waals surface area contributed by atoms with Crippen molar-refractivity contribution in [3.8, 4) is 0 Å². The van der Waals surface area contributed by atoms with E-state index in [0.717, 1.165) is 31.0 Å². The third-order valence-electron chi connectivity index (χ3n) is 4.11. The molecule has 1 saturated heterocycles. The van der Waals surface area contributed by atoms with Gasteiger partial charge in [-0.05, 0) is 36.2 Å². The van der Waals surface area contributed by atoms with Crippen molar-refractivity contribution in [2.45, 2.75) is 17.9 Å². The molecular formula is C19H25N3OS. The molecule has 1 heterocycles. The lowest BCUT2D eigenvalue weighted by molar-refractivity contribution is 0.175. The molecule has 0 aliphatic carbocycles. The first kappa shape index (κ1) is 17.3. The maximum absolute atomic E-state index is 10.1. The summed E-state index contributed by atoms with van der Waals surface area (Å²) in [5, 5.41) is 20.8. The zero-order chi connectivity index (χ0) is 16.6. The maximum atomic E-state index is 10.1. The van der Waals surface area contributed by atoms with Gasteiger partial charge in [-0.25, -0.2) is 0 Å².